The number of carbonyl (C=O) groups excluding carboxylic acids is 4. The van der Waals surface area contributed by atoms with Crippen LogP contribution >= 0.6 is 11.8 Å². The maximum atomic E-state index is 13.5. The number of nitrogens with one attached hydrogen (secondary N) is 1. The van der Waals surface area contributed by atoms with Gasteiger partial charge in [-0.2, -0.15) is 0 Å². The van der Waals surface area contributed by atoms with E-state index in [-0.39, 0.29) is 22.8 Å². The lowest BCUT2D eigenvalue weighted by molar-refractivity contribution is -0.161. The minimum absolute atomic E-state index is 0.164. The number of esters is 1. The van der Waals surface area contributed by atoms with Crippen molar-refractivity contribution in [3.63, 3.8) is 0 Å². The number of rotatable bonds is 7. The number of carbonyl (C=O) groups is 4. The first-order valence-electron chi connectivity index (χ1n) is 14.6. The van der Waals surface area contributed by atoms with Crippen molar-refractivity contribution in [2.75, 3.05) is 19.0 Å². The van der Waals surface area contributed by atoms with E-state index in [1.165, 1.54) is 26.4 Å². The number of ether oxygens (including phenoxy) is 2. The topological polar surface area (TPSA) is 102 Å². The molecule has 5 aliphatic rings. The van der Waals surface area contributed by atoms with Crippen LogP contribution in [0.15, 0.2) is 35.2 Å². The standard InChI is InChI=1S/C33H36N2O6S/c1-18-7-19(2)29(20(3)8-18)34-28(36)17-35-30(37)27(42-32(35)39)13-21-5-6-25(26(12-21)40-4)41-31(38)33-14-22-9-23(15-33)11-24(10-22)16-33/h5-8,12-13,22-24H,9-11,14-17H2,1-4H3,(H,34,36)/b27-13-. The fraction of sp³-hybridized carbons (Fsp3) is 0.455. The van der Waals surface area contributed by atoms with Crippen LogP contribution in [0, 0.1) is 43.9 Å². The summed E-state index contributed by atoms with van der Waals surface area (Å²) in [4.78, 5) is 53.2. The number of hydrogen-bond donors (Lipinski definition) is 1. The molecule has 0 spiro atoms. The molecule has 1 aliphatic heterocycles. The lowest BCUT2D eigenvalue weighted by atomic mass is 9.49. The van der Waals surface area contributed by atoms with Gasteiger partial charge in [-0.05, 0) is 124 Å². The summed E-state index contributed by atoms with van der Waals surface area (Å²) < 4.78 is 11.5. The van der Waals surface area contributed by atoms with Crippen LogP contribution in [0.5, 0.6) is 11.5 Å². The van der Waals surface area contributed by atoms with E-state index in [0.717, 1.165) is 52.6 Å². The number of methoxy groups -OCH3 is 1. The van der Waals surface area contributed by atoms with Crippen molar-refractivity contribution in [3.8, 4) is 11.5 Å². The zero-order chi connectivity index (χ0) is 29.8. The Morgan fingerprint density at radius 2 is 1.60 bits per heavy atom. The van der Waals surface area contributed by atoms with Gasteiger partial charge in [-0.1, -0.05) is 23.8 Å². The normalized spacial score (nSPS) is 27.1. The quantitative estimate of drug-likeness (QED) is 0.226. The van der Waals surface area contributed by atoms with Gasteiger partial charge in [0, 0.05) is 5.69 Å². The first-order valence-corrected chi connectivity index (χ1v) is 15.4. The van der Waals surface area contributed by atoms with E-state index in [9.17, 15) is 19.2 Å². The SMILES string of the molecule is COc1cc(/C=C2\SC(=O)N(CC(=O)Nc3c(C)cc(C)cc3C)C2=O)ccc1OC(=O)C12CC3CC(CC(C3)C1)C2. The molecule has 9 heteroatoms. The zero-order valence-electron chi connectivity index (χ0n) is 24.5. The number of thioether (sulfide) groups is 1. The van der Waals surface area contributed by atoms with Crippen LogP contribution in [0.25, 0.3) is 6.08 Å². The highest BCUT2D eigenvalue weighted by Crippen LogP contribution is 2.60. The van der Waals surface area contributed by atoms with Gasteiger partial charge in [0.25, 0.3) is 11.1 Å². The van der Waals surface area contributed by atoms with E-state index in [2.05, 4.69) is 5.32 Å². The maximum absolute atomic E-state index is 13.5. The van der Waals surface area contributed by atoms with Gasteiger partial charge < -0.3 is 14.8 Å². The third-order valence-corrected chi connectivity index (χ3v) is 10.2. The van der Waals surface area contributed by atoms with Gasteiger partial charge in [-0.25, -0.2) is 0 Å². The highest BCUT2D eigenvalue weighted by molar-refractivity contribution is 8.18. The smallest absolute Gasteiger partial charge is 0.317 e. The Morgan fingerprint density at radius 1 is 0.976 bits per heavy atom. The summed E-state index contributed by atoms with van der Waals surface area (Å²) in [6, 6.07) is 9.03. The number of amides is 3. The minimum atomic E-state index is -0.534. The lowest BCUT2D eigenvalue weighted by Gasteiger charge is -2.55. The summed E-state index contributed by atoms with van der Waals surface area (Å²) in [5.74, 6) is 1.48. The van der Waals surface area contributed by atoms with Gasteiger partial charge >= 0.3 is 5.97 Å². The van der Waals surface area contributed by atoms with Gasteiger partial charge in [0.05, 0.1) is 17.4 Å². The van der Waals surface area contributed by atoms with Gasteiger partial charge in [0.2, 0.25) is 5.91 Å². The molecule has 2 aromatic rings. The van der Waals surface area contributed by atoms with Crippen molar-refractivity contribution in [3.05, 3.63) is 57.5 Å². The molecular weight excluding hydrogens is 552 g/mol. The van der Waals surface area contributed by atoms with Crippen molar-refractivity contribution >= 4 is 46.5 Å². The highest BCUT2D eigenvalue weighted by atomic mass is 32.2. The number of imide groups is 1. The molecule has 5 fully saturated rings. The van der Waals surface area contributed by atoms with Crippen molar-refractivity contribution in [1.82, 2.24) is 4.90 Å². The predicted molar refractivity (Wildman–Crippen MR) is 161 cm³/mol. The summed E-state index contributed by atoms with van der Waals surface area (Å²) in [6.07, 6.45) is 8.06. The van der Waals surface area contributed by atoms with Gasteiger partial charge in [0.15, 0.2) is 11.5 Å². The van der Waals surface area contributed by atoms with Crippen molar-refractivity contribution in [1.29, 1.82) is 0 Å². The molecule has 3 amide bonds. The Bertz CT molecular complexity index is 1470. The molecule has 0 aromatic heterocycles. The minimum Gasteiger partial charge on any atom is -0.493 e. The number of aryl methyl sites for hydroxylation is 3. The molecular formula is C33H36N2O6S. The molecule has 4 bridgehead atoms. The van der Waals surface area contributed by atoms with Crippen LogP contribution < -0.4 is 14.8 Å². The largest absolute Gasteiger partial charge is 0.493 e. The highest BCUT2D eigenvalue weighted by Gasteiger charge is 2.55. The number of nitrogens with zero attached hydrogens (tertiary/aromatic N) is 1. The van der Waals surface area contributed by atoms with Crippen LogP contribution in [0.1, 0.15) is 60.8 Å². The van der Waals surface area contributed by atoms with Crippen molar-refractivity contribution < 1.29 is 28.7 Å². The van der Waals surface area contributed by atoms with Crippen LogP contribution in [0.3, 0.4) is 0 Å². The monoisotopic (exact) mass is 588 g/mol. The van der Waals surface area contributed by atoms with Gasteiger partial charge in [-0.15, -0.1) is 0 Å². The number of hydrogen-bond acceptors (Lipinski definition) is 7. The van der Waals surface area contributed by atoms with Crippen LogP contribution in [-0.4, -0.2) is 41.6 Å². The van der Waals surface area contributed by atoms with Crippen molar-refractivity contribution in [2.24, 2.45) is 23.2 Å². The fourth-order valence-electron chi connectivity index (χ4n) is 7.91. The predicted octanol–water partition coefficient (Wildman–Crippen LogP) is 6.42. The Hall–Kier alpha value is -3.59. The third-order valence-electron chi connectivity index (χ3n) is 9.28. The van der Waals surface area contributed by atoms with Gasteiger partial charge in [0.1, 0.15) is 6.54 Å². The first-order chi connectivity index (χ1) is 20.0. The Kier molecular flexibility index (Phi) is 7.41. The number of benzene rings is 2. The molecule has 220 valence electrons. The average Bonchev–Trinajstić information content (AvgIpc) is 3.17. The molecule has 4 aliphatic carbocycles. The first kappa shape index (κ1) is 28.5. The van der Waals surface area contributed by atoms with Crippen LogP contribution in [0.2, 0.25) is 0 Å². The molecule has 7 rings (SSSR count). The summed E-state index contributed by atoms with van der Waals surface area (Å²) >= 11 is 0.786. The van der Waals surface area contributed by atoms with E-state index in [4.69, 9.17) is 9.47 Å². The Labute approximate surface area is 250 Å². The number of anilines is 1. The average molecular weight is 589 g/mol. The molecule has 0 atom stereocenters. The van der Waals surface area contributed by atoms with E-state index in [1.807, 2.05) is 32.9 Å². The molecule has 1 heterocycles. The molecule has 1 saturated heterocycles. The Balaban J connectivity index is 1.13. The summed E-state index contributed by atoms with van der Waals surface area (Å²) in [5, 5.41) is 2.34. The molecule has 0 unspecified atom stereocenters. The molecule has 2 aromatic carbocycles. The second kappa shape index (κ2) is 10.9. The van der Waals surface area contributed by atoms with E-state index in [1.54, 1.807) is 24.3 Å². The molecule has 4 saturated carbocycles. The molecule has 0 radical (unpaired) electrons. The summed E-state index contributed by atoms with van der Waals surface area (Å²) in [7, 11) is 1.51. The summed E-state index contributed by atoms with van der Waals surface area (Å²) in [6.45, 7) is 5.42. The molecule has 8 nitrogen and oxygen atoms in total. The van der Waals surface area contributed by atoms with E-state index in [0.29, 0.717) is 40.5 Å². The Morgan fingerprint density at radius 3 is 2.19 bits per heavy atom. The van der Waals surface area contributed by atoms with E-state index >= 15 is 0 Å². The van der Waals surface area contributed by atoms with Crippen LogP contribution in [0.4, 0.5) is 10.5 Å². The maximum Gasteiger partial charge on any atom is 0.317 e. The van der Waals surface area contributed by atoms with E-state index < -0.39 is 17.1 Å². The molecule has 1 N–H and O–H groups in total. The zero-order valence-corrected chi connectivity index (χ0v) is 25.3. The van der Waals surface area contributed by atoms with Crippen LogP contribution in [-0.2, 0) is 14.4 Å². The van der Waals surface area contributed by atoms with Crippen molar-refractivity contribution in [2.45, 2.75) is 59.3 Å². The van der Waals surface area contributed by atoms with Gasteiger partial charge in [-0.3, -0.25) is 24.1 Å². The summed E-state index contributed by atoms with van der Waals surface area (Å²) in [5.41, 5.74) is 3.82. The third kappa shape index (κ3) is 5.35. The lowest BCUT2D eigenvalue weighted by Crippen LogP contribution is -2.51. The molecule has 42 heavy (non-hydrogen) atoms. The fourth-order valence-corrected chi connectivity index (χ4v) is 8.75. The second-order valence-corrected chi connectivity index (χ2v) is 13.6. The second-order valence-electron chi connectivity index (χ2n) is 12.6.